The molecule has 0 heterocycles. The molecule has 0 saturated carbocycles. The van der Waals surface area contributed by atoms with Gasteiger partial charge in [-0.3, -0.25) is 4.18 Å². The molecule has 0 unspecified atom stereocenters. The Hall–Kier alpha value is -0.390. The molecule has 5 heteroatoms. The molecule has 1 rings (SSSR count). The molecule has 0 fully saturated rings. The third-order valence-electron chi connectivity index (χ3n) is 2.83. The molecule has 0 aliphatic rings. The Kier molecular flexibility index (Phi) is 6.32. The van der Waals surface area contributed by atoms with E-state index in [1.807, 2.05) is 12.1 Å². The van der Waals surface area contributed by atoms with Gasteiger partial charge in [0.05, 0.1) is 12.9 Å². The molecule has 0 spiro atoms. The van der Waals surface area contributed by atoms with Crippen molar-refractivity contribution in [2.24, 2.45) is 0 Å². The Morgan fingerprint density at radius 2 is 1.89 bits per heavy atom. The van der Waals surface area contributed by atoms with Gasteiger partial charge in [0.25, 0.3) is 10.1 Å². The van der Waals surface area contributed by atoms with E-state index in [4.69, 9.17) is 4.18 Å². The zero-order chi connectivity index (χ0) is 13.6. The minimum absolute atomic E-state index is 0.270. The van der Waals surface area contributed by atoms with Gasteiger partial charge in [-0.05, 0) is 42.9 Å². The third kappa shape index (κ3) is 5.98. The molecule has 18 heavy (non-hydrogen) atoms. The lowest BCUT2D eigenvalue weighted by Gasteiger charge is -2.15. The molecule has 3 nitrogen and oxygen atoms in total. The van der Waals surface area contributed by atoms with Crippen LogP contribution >= 0.6 is 15.9 Å². The Morgan fingerprint density at radius 3 is 2.39 bits per heavy atom. The van der Waals surface area contributed by atoms with E-state index < -0.39 is 10.1 Å². The van der Waals surface area contributed by atoms with E-state index in [1.54, 1.807) is 0 Å². The molecule has 1 aromatic rings. The lowest BCUT2D eigenvalue weighted by molar-refractivity contribution is 0.306. The summed E-state index contributed by atoms with van der Waals surface area (Å²) in [5.74, 6) is 0.460. The van der Waals surface area contributed by atoms with Gasteiger partial charge in [0.1, 0.15) is 0 Å². The molecule has 0 aliphatic heterocycles. The highest BCUT2D eigenvalue weighted by Crippen LogP contribution is 2.26. The van der Waals surface area contributed by atoms with Crippen LogP contribution in [-0.4, -0.2) is 21.3 Å². The molecule has 0 amide bonds. The molecule has 102 valence electrons. The summed E-state index contributed by atoms with van der Waals surface area (Å²) in [6.45, 7) is 2.41. The topological polar surface area (TPSA) is 43.4 Å². The van der Waals surface area contributed by atoms with Crippen LogP contribution in [-0.2, 0) is 14.3 Å². The molecule has 0 aromatic heterocycles. The largest absolute Gasteiger partial charge is 0.270 e. The summed E-state index contributed by atoms with van der Waals surface area (Å²) in [5.41, 5.74) is 1.29. The summed E-state index contributed by atoms with van der Waals surface area (Å²) < 4.78 is 27.5. The smallest absolute Gasteiger partial charge is 0.264 e. The molecule has 0 radical (unpaired) electrons. The van der Waals surface area contributed by atoms with E-state index >= 15 is 0 Å². The van der Waals surface area contributed by atoms with Crippen molar-refractivity contribution in [1.82, 2.24) is 0 Å². The van der Waals surface area contributed by atoms with Crippen molar-refractivity contribution in [3.05, 3.63) is 34.3 Å². The number of benzene rings is 1. The Balaban J connectivity index is 2.45. The molecule has 1 atom stereocenters. The Morgan fingerprint density at radius 1 is 1.28 bits per heavy atom. The molecular formula is C13H19BrO3S. The standard InChI is InChI=1S/C13H19BrO3S/c1-3-11(5-4-10-17-18(2,15)16)12-6-8-13(14)9-7-12/h6-9,11H,3-5,10H2,1-2H3/t11-/m0/s1. The van der Waals surface area contributed by atoms with Crippen molar-refractivity contribution in [1.29, 1.82) is 0 Å². The van der Waals surface area contributed by atoms with Crippen molar-refractivity contribution in [2.75, 3.05) is 12.9 Å². The minimum Gasteiger partial charge on any atom is -0.270 e. The van der Waals surface area contributed by atoms with Gasteiger partial charge in [-0.1, -0.05) is 35.0 Å². The first-order chi connectivity index (χ1) is 8.42. The maximum atomic E-state index is 10.8. The van der Waals surface area contributed by atoms with Gasteiger partial charge in [0.15, 0.2) is 0 Å². The Bertz CT molecular complexity index is 454. The molecular weight excluding hydrogens is 316 g/mol. The minimum atomic E-state index is -3.31. The van der Waals surface area contributed by atoms with Crippen LogP contribution in [0.5, 0.6) is 0 Å². The first kappa shape index (κ1) is 15.7. The fraction of sp³-hybridized carbons (Fsp3) is 0.538. The van der Waals surface area contributed by atoms with E-state index in [2.05, 4.69) is 35.0 Å². The number of hydrogen-bond acceptors (Lipinski definition) is 3. The first-order valence-corrected chi connectivity index (χ1v) is 8.63. The van der Waals surface area contributed by atoms with Gasteiger partial charge in [-0.15, -0.1) is 0 Å². The third-order valence-corrected chi connectivity index (χ3v) is 3.95. The maximum Gasteiger partial charge on any atom is 0.264 e. The maximum absolute atomic E-state index is 10.8. The van der Waals surface area contributed by atoms with Crippen molar-refractivity contribution in [3.8, 4) is 0 Å². The van der Waals surface area contributed by atoms with Crippen LogP contribution in [0, 0.1) is 0 Å². The predicted molar refractivity (Wildman–Crippen MR) is 77.2 cm³/mol. The average Bonchev–Trinajstić information content (AvgIpc) is 2.29. The average molecular weight is 335 g/mol. The highest BCUT2D eigenvalue weighted by atomic mass is 79.9. The van der Waals surface area contributed by atoms with Gasteiger partial charge < -0.3 is 0 Å². The number of halogens is 1. The van der Waals surface area contributed by atoms with E-state index in [1.165, 1.54) is 5.56 Å². The lowest BCUT2D eigenvalue weighted by Crippen LogP contribution is -2.06. The number of rotatable bonds is 7. The normalized spacial score (nSPS) is 13.5. The predicted octanol–water partition coefficient (Wildman–Crippen LogP) is 3.70. The van der Waals surface area contributed by atoms with Crippen LogP contribution in [0.3, 0.4) is 0 Å². The fourth-order valence-electron chi connectivity index (χ4n) is 1.88. The molecule has 0 bridgehead atoms. The van der Waals surface area contributed by atoms with E-state index in [9.17, 15) is 8.42 Å². The molecule has 1 aromatic carbocycles. The van der Waals surface area contributed by atoms with E-state index in [-0.39, 0.29) is 6.61 Å². The van der Waals surface area contributed by atoms with E-state index in [0.717, 1.165) is 30.0 Å². The van der Waals surface area contributed by atoms with Crippen LogP contribution < -0.4 is 0 Å². The van der Waals surface area contributed by atoms with Gasteiger partial charge in [0.2, 0.25) is 0 Å². The van der Waals surface area contributed by atoms with Gasteiger partial charge in [-0.2, -0.15) is 8.42 Å². The first-order valence-electron chi connectivity index (χ1n) is 6.02. The highest BCUT2D eigenvalue weighted by Gasteiger charge is 2.10. The number of hydrogen-bond donors (Lipinski definition) is 0. The SMILES string of the molecule is CC[C@@H](CCCOS(C)(=O)=O)c1ccc(Br)cc1. The van der Waals surface area contributed by atoms with Crippen molar-refractivity contribution in [2.45, 2.75) is 32.1 Å². The summed E-state index contributed by atoms with van der Waals surface area (Å²) in [7, 11) is -3.31. The summed E-state index contributed by atoms with van der Waals surface area (Å²) in [4.78, 5) is 0. The van der Waals surface area contributed by atoms with Crippen LogP contribution in [0.25, 0.3) is 0 Å². The van der Waals surface area contributed by atoms with Crippen LogP contribution in [0.2, 0.25) is 0 Å². The second-order valence-electron chi connectivity index (χ2n) is 4.33. The van der Waals surface area contributed by atoms with Gasteiger partial charge in [0, 0.05) is 4.47 Å². The summed E-state index contributed by atoms with van der Waals surface area (Å²) >= 11 is 3.42. The Labute approximate surface area is 118 Å². The summed E-state index contributed by atoms with van der Waals surface area (Å²) in [6, 6.07) is 8.28. The molecule has 0 saturated heterocycles. The fourth-order valence-corrected chi connectivity index (χ4v) is 2.57. The van der Waals surface area contributed by atoms with Crippen molar-refractivity contribution >= 4 is 26.0 Å². The van der Waals surface area contributed by atoms with Crippen molar-refractivity contribution < 1.29 is 12.6 Å². The zero-order valence-electron chi connectivity index (χ0n) is 10.7. The van der Waals surface area contributed by atoms with Crippen molar-refractivity contribution in [3.63, 3.8) is 0 Å². The van der Waals surface area contributed by atoms with Crippen LogP contribution in [0.1, 0.15) is 37.7 Å². The van der Waals surface area contributed by atoms with E-state index in [0.29, 0.717) is 5.92 Å². The van der Waals surface area contributed by atoms with Crippen LogP contribution in [0.15, 0.2) is 28.7 Å². The molecule has 0 N–H and O–H groups in total. The summed E-state index contributed by atoms with van der Waals surface area (Å²) in [5, 5.41) is 0. The monoisotopic (exact) mass is 334 g/mol. The van der Waals surface area contributed by atoms with Gasteiger partial charge in [-0.25, -0.2) is 0 Å². The molecule has 0 aliphatic carbocycles. The second-order valence-corrected chi connectivity index (χ2v) is 6.88. The summed E-state index contributed by atoms with van der Waals surface area (Å²) in [6.07, 6.45) is 3.81. The quantitative estimate of drug-likeness (QED) is 0.564. The van der Waals surface area contributed by atoms with Crippen LogP contribution in [0.4, 0.5) is 0 Å². The lowest BCUT2D eigenvalue weighted by atomic mass is 9.92. The second kappa shape index (κ2) is 7.26. The highest BCUT2D eigenvalue weighted by molar-refractivity contribution is 9.10. The van der Waals surface area contributed by atoms with Gasteiger partial charge >= 0.3 is 0 Å². The zero-order valence-corrected chi connectivity index (χ0v) is 13.1.